The number of aryl methyl sites for hydroxylation is 1. The number of carbonyl (C=O) groups is 1. The Morgan fingerprint density at radius 2 is 1.96 bits per heavy atom. The van der Waals surface area contributed by atoms with Gasteiger partial charge in [-0.15, -0.1) is 12.4 Å². The van der Waals surface area contributed by atoms with Gasteiger partial charge in [0.05, 0.1) is 5.69 Å². The number of carbonyl (C=O) groups excluding carboxylic acids is 1. The summed E-state index contributed by atoms with van der Waals surface area (Å²) < 4.78 is 1.96. The van der Waals surface area contributed by atoms with Gasteiger partial charge in [-0.05, 0) is 63.5 Å². The second kappa shape index (κ2) is 7.80. The summed E-state index contributed by atoms with van der Waals surface area (Å²) in [5, 5.41) is 7.70. The molecule has 2 aromatic rings. The van der Waals surface area contributed by atoms with E-state index in [2.05, 4.69) is 36.5 Å². The molecule has 1 heterocycles. The van der Waals surface area contributed by atoms with E-state index in [4.69, 9.17) is 10.8 Å². The molecule has 0 spiro atoms. The van der Waals surface area contributed by atoms with Crippen molar-refractivity contribution in [2.75, 3.05) is 6.54 Å². The van der Waals surface area contributed by atoms with Gasteiger partial charge in [0, 0.05) is 23.8 Å². The number of nitrogens with zero attached hydrogens (tertiary/aromatic N) is 2. The fraction of sp³-hybridized carbons (Fsp3) is 0.500. The van der Waals surface area contributed by atoms with Crippen molar-refractivity contribution in [2.45, 2.75) is 51.5 Å². The van der Waals surface area contributed by atoms with Gasteiger partial charge in [0.2, 0.25) is 0 Å². The van der Waals surface area contributed by atoms with Crippen LogP contribution in [0.15, 0.2) is 24.3 Å². The smallest absolute Gasteiger partial charge is 0.272 e. The molecule has 1 aromatic heterocycles. The summed E-state index contributed by atoms with van der Waals surface area (Å²) in [4.78, 5) is 12.7. The SMILES string of the molecule is Cc1ccc(-n2nc(C(=O)NCC(N)C3CC3)c3c2CCCC3)cc1.Cl. The Labute approximate surface area is 160 Å². The average Bonchev–Trinajstić information content (AvgIpc) is 3.41. The molecule has 140 valence electrons. The van der Waals surface area contributed by atoms with Crippen LogP contribution in [0, 0.1) is 12.8 Å². The summed E-state index contributed by atoms with van der Waals surface area (Å²) in [7, 11) is 0. The number of benzene rings is 1. The van der Waals surface area contributed by atoms with Crippen LogP contribution in [-0.2, 0) is 12.8 Å². The zero-order valence-electron chi connectivity index (χ0n) is 15.2. The minimum atomic E-state index is -0.0832. The lowest BCUT2D eigenvalue weighted by Gasteiger charge is -2.14. The fourth-order valence-electron chi connectivity index (χ4n) is 3.67. The van der Waals surface area contributed by atoms with Crippen LogP contribution in [0.25, 0.3) is 5.69 Å². The van der Waals surface area contributed by atoms with E-state index in [0.29, 0.717) is 18.2 Å². The monoisotopic (exact) mass is 374 g/mol. The van der Waals surface area contributed by atoms with Gasteiger partial charge >= 0.3 is 0 Å². The zero-order chi connectivity index (χ0) is 17.4. The summed E-state index contributed by atoms with van der Waals surface area (Å²) in [6.07, 6.45) is 6.55. The highest BCUT2D eigenvalue weighted by molar-refractivity contribution is 5.94. The van der Waals surface area contributed by atoms with Gasteiger partial charge in [-0.3, -0.25) is 4.79 Å². The first-order valence-electron chi connectivity index (χ1n) is 9.35. The fourth-order valence-corrected chi connectivity index (χ4v) is 3.67. The third-order valence-electron chi connectivity index (χ3n) is 5.40. The molecule has 1 aromatic carbocycles. The summed E-state index contributed by atoms with van der Waals surface area (Å²) >= 11 is 0. The first kappa shape index (κ1) is 18.9. The summed E-state index contributed by atoms with van der Waals surface area (Å²) in [6, 6.07) is 8.38. The molecule has 26 heavy (non-hydrogen) atoms. The zero-order valence-corrected chi connectivity index (χ0v) is 16.0. The standard InChI is InChI=1S/C20H26N4O.ClH/c1-13-6-10-15(11-7-13)24-18-5-3-2-4-16(18)19(23-24)20(25)22-12-17(21)14-8-9-14;/h6-7,10-11,14,17H,2-5,8-9,12,21H2,1H3,(H,22,25);1H. The van der Waals surface area contributed by atoms with E-state index in [0.717, 1.165) is 36.9 Å². The predicted octanol–water partition coefficient (Wildman–Crippen LogP) is 2.95. The topological polar surface area (TPSA) is 72.9 Å². The highest BCUT2D eigenvalue weighted by Crippen LogP contribution is 2.31. The quantitative estimate of drug-likeness (QED) is 0.845. The third-order valence-corrected chi connectivity index (χ3v) is 5.40. The van der Waals surface area contributed by atoms with E-state index < -0.39 is 0 Å². The van der Waals surface area contributed by atoms with Crippen molar-refractivity contribution < 1.29 is 4.79 Å². The lowest BCUT2D eigenvalue weighted by molar-refractivity contribution is 0.0944. The van der Waals surface area contributed by atoms with Crippen LogP contribution in [0.4, 0.5) is 0 Å². The predicted molar refractivity (Wildman–Crippen MR) is 105 cm³/mol. The van der Waals surface area contributed by atoms with Gasteiger partial charge in [0.25, 0.3) is 5.91 Å². The Hall–Kier alpha value is -1.85. The first-order valence-corrected chi connectivity index (χ1v) is 9.35. The van der Waals surface area contributed by atoms with Gasteiger partial charge in [0.15, 0.2) is 5.69 Å². The number of rotatable bonds is 5. The third kappa shape index (κ3) is 3.79. The van der Waals surface area contributed by atoms with Crippen molar-refractivity contribution in [3.8, 4) is 5.69 Å². The Morgan fingerprint density at radius 1 is 1.27 bits per heavy atom. The minimum Gasteiger partial charge on any atom is -0.349 e. The maximum atomic E-state index is 12.7. The molecule has 1 unspecified atom stereocenters. The van der Waals surface area contributed by atoms with Crippen LogP contribution in [0.2, 0.25) is 0 Å². The molecular formula is C20H27ClN4O. The van der Waals surface area contributed by atoms with Crippen molar-refractivity contribution in [2.24, 2.45) is 11.7 Å². The van der Waals surface area contributed by atoms with E-state index in [-0.39, 0.29) is 24.4 Å². The van der Waals surface area contributed by atoms with Crippen molar-refractivity contribution in [3.05, 3.63) is 46.8 Å². The molecule has 1 saturated carbocycles. The molecule has 1 fully saturated rings. The van der Waals surface area contributed by atoms with Crippen LogP contribution in [-0.4, -0.2) is 28.3 Å². The number of aromatic nitrogens is 2. The molecule has 3 N–H and O–H groups in total. The number of hydrogen-bond donors (Lipinski definition) is 2. The average molecular weight is 375 g/mol. The molecular weight excluding hydrogens is 348 g/mol. The van der Waals surface area contributed by atoms with Gasteiger partial charge in [-0.2, -0.15) is 5.10 Å². The molecule has 0 bridgehead atoms. The van der Waals surface area contributed by atoms with E-state index in [1.165, 1.54) is 24.1 Å². The lowest BCUT2D eigenvalue weighted by atomic mass is 9.95. The van der Waals surface area contributed by atoms with Gasteiger partial charge in [-0.1, -0.05) is 17.7 Å². The molecule has 1 atom stereocenters. The van der Waals surface area contributed by atoms with Crippen LogP contribution >= 0.6 is 12.4 Å². The molecule has 0 aliphatic heterocycles. The largest absolute Gasteiger partial charge is 0.349 e. The molecule has 1 amide bonds. The van der Waals surface area contributed by atoms with Crippen LogP contribution < -0.4 is 11.1 Å². The van der Waals surface area contributed by atoms with Crippen LogP contribution in [0.3, 0.4) is 0 Å². The molecule has 2 aliphatic rings. The molecule has 2 aliphatic carbocycles. The number of nitrogens with two attached hydrogens (primary N) is 1. The maximum absolute atomic E-state index is 12.7. The van der Waals surface area contributed by atoms with Crippen molar-refractivity contribution >= 4 is 18.3 Å². The minimum absolute atomic E-state index is 0. The van der Waals surface area contributed by atoms with Crippen LogP contribution in [0.1, 0.15) is 53.0 Å². The molecule has 4 rings (SSSR count). The molecule has 0 saturated heterocycles. The van der Waals surface area contributed by atoms with Crippen molar-refractivity contribution in [1.29, 1.82) is 0 Å². The summed E-state index contributed by atoms with van der Waals surface area (Å²) in [5.74, 6) is 0.499. The van der Waals surface area contributed by atoms with E-state index in [1.54, 1.807) is 0 Å². The Morgan fingerprint density at radius 3 is 2.65 bits per heavy atom. The first-order chi connectivity index (χ1) is 12.1. The highest BCUT2D eigenvalue weighted by atomic mass is 35.5. The van der Waals surface area contributed by atoms with E-state index >= 15 is 0 Å². The Bertz CT molecular complexity index is 780. The lowest BCUT2D eigenvalue weighted by Crippen LogP contribution is -2.39. The second-order valence-electron chi connectivity index (χ2n) is 7.44. The van der Waals surface area contributed by atoms with E-state index in [1.807, 2.05) is 4.68 Å². The normalized spacial score (nSPS) is 17.2. The number of hydrogen-bond acceptors (Lipinski definition) is 3. The van der Waals surface area contributed by atoms with E-state index in [9.17, 15) is 4.79 Å². The van der Waals surface area contributed by atoms with Crippen molar-refractivity contribution in [1.82, 2.24) is 15.1 Å². The number of fused-ring (bicyclic) bond motifs is 1. The highest BCUT2D eigenvalue weighted by Gasteiger charge is 2.30. The molecule has 5 nitrogen and oxygen atoms in total. The Balaban J connectivity index is 0.00000196. The van der Waals surface area contributed by atoms with Gasteiger partial charge < -0.3 is 11.1 Å². The van der Waals surface area contributed by atoms with Gasteiger partial charge in [-0.25, -0.2) is 4.68 Å². The Kier molecular flexibility index (Phi) is 5.68. The number of nitrogens with one attached hydrogen (secondary N) is 1. The molecule has 0 radical (unpaired) electrons. The van der Waals surface area contributed by atoms with Gasteiger partial charge in [0.1, 0.15) is 0 Å². The summed E-state index contributed by atoms with van der Waals surface area (Å²) in [6.45, 7) is 2.61. The number of halogens is 1. The summed E-state index contributed by atoms with van der Waals surface area (Å²) in [5.41, 5.74) is 11.2. The van der Waals surface area contributed by atoms with Crippen molar-refractivity contribution in [3.63, 3.8) is 0 Å². The molecule has 6 heteroatoms. The maximum Gasteiger partial charge on any atom is 0.272 e. The number of amides is 1. The second-order valence-corrected chi connectivity index (χ2v) is 7.44. The van der Waals surface area contributed by atoms with Crippen LogP contribution in [0.5, 0.6) is 0 Å².